The summed E-state index contributed by atoms with van der Waals surface area (Å²) in [7, 11) is 3.81. The molecule has 0 amide bonds. The van der Waals surface area contributed by atoms with Gasteiger partial charge in [0.2, 0.25) is 0 Å². The Morgan fingerprint density at radius 1 is 1.50 bits per heavy atom. The lowest BCUT2D eigenvalue weighted by atomic mass is 10.1. The second kappa shape index (κ2) is 4.80. The summed E-state index contributed by atoms with van der Waals surface area (Å²) in [6, 6.07) is 0.616. The molecule has 1 fully saturated rings. The lowest BCUT2D eigenvalue weighted by Crippen LogP contribution is -2.35. The number of likely N-dealkylation sites (N-methyl/N-ethyl adjacent to an activating group) is 2. The standard InChI is InChI=1S/C9H20N2O/c1-4-11-5-8(7-12-3)9(6-11)10-2/h8-10H,4-7H2,1-3H3. The van der Waals surface area contributed by atoms with E-state index in [1.165, 1.54) is 13.1 Å². The van der Waals surface area contributed by atoms with Gasteiger partial charge in [-0.05, 0) is 13.6 Å². The van der Waals surface area contributed by atoms with Crippen LogP contribution < -0.4 is 5.32 Å². The third-order valence-electron chi connectivity index (χ3n) is 2.72. The number of nitrogens with zero attached hydrogens (tertiary/aromatic N) is 1. The summed E-state index contributed by atoms with van der Waals surface area (Å²) in [4.78, 5) is 2.46. The highest BCUT2D eigenvalue weighted by molar-refractivity contribution is 4.87. The first-order chi connectivity index (χ1) is 5.81. The normalized spacial score (nSPS) is 31.2. The average molecular weight is 172 g/mol. The highest BCUT2D eigenvalue weighted by Gasteiger charge is 2.30. The molecule has 1 rings (SSSR count). The van der Waals surface area contributed by atoms with Gasteiger partial charge >= 0.3 is 0 Å². The van der Waals surface area contributed by atoms with E-state index in [1.807, 2.05) is 7.05 Å². The quantitative estimate of drug-likeness (QED) is 0.654. The largest absolute Gasteiger partial charge is 0.384 e. The van der Waals surface area contributed by atoms with Crippen LogP contribution in [0.1, 0.15) is 6.92 Å². The Labute approximate surface area is 75.1 Å². The molecule has 0 bridgehead atoms. The summed E-state index contributed by atoms with van der Waals surface area (Å²) in [5, 5.41) is 3.34. The summed E-state index contributed by atoms with van der Waals surface area (Å²) >= 11 is 0. The lowest BCUT2D eigenvalue weighted by Gasteiger charge is -2.15. The van der Waals surface area contributed by atoms with Crippen molar-refractivity contribution in [1.82, 2.24) is 10.2 Å². The second-order valence-corrected chi connectivity index (χ2v) is 3.46. The molecular formula is C9H20N2O. The van der Waals surface area contributed by atoms with E-state index in [1.54, 1.807) is 7.11 Å². The Morgan fingerprint density at radius 2 is 2.25 bits per heavy atom. The van der Waals surface area contributed by atoms with E-state index in [4.69, 9.17) is 4.74 Å². The van der Waals surface area contributed by atoms with Crippen LogP contribution in [0.4, 0.5) is 0 Å². The van der Waals surface area contributed by atoms with Crippen LogP contribution in [0.2, 0.25) is 0 Å². The van der Waals surface area contributed by atoms with Gasteiger partial charge in [-0.1, -0.05) is 6.92 Å². The van der Waals surface area contributed by atoms with Crippen molar-refractivity contribution in [2.75, 3.05) is 40.4 Å². The second-order valence-electron chi connectivity index (χ2n) is 3.46. The lowest BCUT2D eigenvalue weighted by molar-refractivity contribution is 0.145. The molecule has 12 heavy (non-hydrogen) atoms. The van der Waals surface area contributed by atoms with E-state index in [0.29, 0.717) is 12.0 Å². The molecule has 3 heteroatoms. The van der Waals surface area contributed by atoms with Crippen molar-refractivity contribution < 1.29 is 4.74 Å². The Hall–Kier alpha value is -0.120. The molecule has 1 aliphatic rings. The zero-order valence-electron chi connectivity index (χ0n) is 8.34. The van der Waals surface area contributed by atoms with E-state index in [2.05, 4.69) is 17.1 Å². The van der Waals surface area contributed by atoms with Gasteiger partial charge in [-0.15, -0.1) is 0 Å². The van der Waals surface area contributed by atoms with Crippen molar-refractivity contribution in [2.45, 2.75) is 13.0 Å². The Morgan fingerprint density at radius 3 is 2.75 bits per heavy atom. The van der Waals surface area contributed by atoms with Crippen LogP contribution in [0, 0.1) is 5.92 Å². The van der Waals surface area contributed by atoms with Crippen molar-refractivity contribution in [3.8, 4) is 0 Å². The van der Waals surface area contributed by atoms with Crippen molar-refractivity contribution in [3.05, 3.63) is 0 Å². The maximum Gasteiger partial charge on any atom is 0.0518 e. The third kappa shape index (κ3) is 2.19. The van der Waals surface area contributed by atoms with Crippen LogP contribution in [-0.2, 0) is 4.74 Å². The molecule has 1 N–H and O–H groups in total. The highest BCUT2D eigenvalue weighted by atomic mass is 16.5. The molecule has 1 saturated heterocycles. The van der Waals surface area contributed by atoms with Crippen LogP contribution >= 0.6 is 0 Å². The fourth-order valence-corrected chi connectivity index (χ4v) is 1.93. The molecular weight excluding hydrogens is 152 g/mol. The van der Waals surface area contributed by atoms with Gasteiger partial charge in [0.05, 0.1) is 6.61 Å². The van der Waals surface area contributed by atoms with Crippen molar-refractivity contribution in [2.24, 2.45) is 5.92 Å². The van der Waals surface area contributed by atoms with E-state index >= 15 is 0 Å². The smallest absolute Gasteiger partial charge is 0.0518 e. The van der Waals surface area contributed by atoms with Crippen molar-refractivity contribution in [1.29, 1.82) is 0 Å². The first kappa shape index (κ1) is 9.96. The van der Waals surface area contributed by atoms with Gasteiger partial charge in [-0.3, -0.25) is 0 Å². The van der Waals surface area contributed by atoms with Gasteiger partial charge in [0.15, 0.2) is 0 Å². The Bertz CT molecular complexity index is 130. The molecule has 0 aromatic rings. The first-order valence-corrected chi connectivity index (χ1v) is 4.70. The zero-order valence-corrected chi connectivity index (χ0v) is 8.34. The molecule has 0 saturated carbocycles. The molecule has 3 nitrogen and oxygen atoms in total. The van der Waals surface area contributed by atoms with Gasteiger partial charge in [0, 0.05) is 32.2 Å². The molecule has 72 valence electrons. The van der Waals surface area contributed by atoms with Crippen molar-refractivity contribution in [3.63, 3.8) is 0 Å². The molecule has 0 aromatic carbocycles. The number of methoxy groups -OCH3 is 1. The van der Waals surface area contributed by atoms with E-state index < -0.39 is 0 Å². The highest BCUT2D eigenvalue weighted by Crippen LogP contribution is 2.16. The maximum atomic E-state index is 5.18. The molecule has 2 atom stereocenters. The van der Waals surface area contributed by atoms with Crippen LogP contribution in [0.25, 0.3) is 0 Å². The maximum absolute atomic E-state index is 5.18. The van der Waals surface area contributed by atoms with Gasteiger partial charge in [-0.2, -0.15) is 0 Å². The fraction of sp³-hybridized carbons (Fsp3) is 1.00. The van der Waals surface area contributed by atoms with Crippen molar-refractivity contribution >= 4 is 0 Å². The third-order valence-corrected chi connectivity index (χ3v) is 2.72. The summed E-state index contributed by atoms with van der Waals surface area (Å²) in [5.74, 6) is 0.667. The van der Waals surface area contributed by atoms with E-state index in [9.17, 15) is 0 Å². The zero-order chi connectivity index (χ0) is 8.97. The van der Waals surface area contributed by atoms with Crippen LogP contribution in [0.5, 0.6) is 0 Å². The number of ether oxygens (including phenoxy) is 1. The van der Waals surface area contributed by atoms with Crippen LogP contribution in [0.3, 0.4) is 0 Å². The summed E-state index contributed by atoms with van der Waals surface area (Å²) in [6.07, 6.45) is 0. The monoisotopic (exact) mass is 172 g/mol. The molecule has 0 spiro atoms. The number of nitrogens with one attached hydrogen (secondary N) is 1. The molecule has 0 aromatic heterocycles. The Balaban J connectivity index is 2.39. The molecule has 1 aliphatic heterocycles. The molecule has 0 radical (unpaired) electrons. The van der Waals surface area contributed by atoms with Crippen LogP contribution in [-0.4, -0.2) is 51.3 Å². The minimum absolute atomic E-state index is 0.616. The summed E-state index contributed by atoms with van der Waals surface area (Å²) < 4.78 is 5.18. The number of rotatable bonds is 4. The fourth-order valence-electron chi connectivity index (χ4n) is 1.93. The van der Waals surface area contributed by atoms with E-state index in [-0.39, 0.29) is 0 Å². The minimum Gasteiger partial charge on any atom is -0.384 e. The molecule has 2 unspecified atom stereocenters. The van der Waals surface area contributed by atoms with Gasteiger partial charge < -0.3 is 15.0 Å². The predicted molar refractivity (Wildman–Crippen MR) is 50.3 cm³/mol. The summed E-state index contributed by atoms with van der Waals surface area (Å²) in [6.45, 7) is 6.58. The topological polar surface area (TPSA) is 24.5 Å². The van der Waals surface area contributed by atoms with Crippen LogP contribution in [0.15, 0.2) is 0 Å². The van der Waals surface area contributed by atoms with Gasteiger partial charge in [0.1, 0.15) is 0 Å². The number of likely N-dealkylation sites (tertiary alicyclic amines) is 1. The summed E-state index contributed by atoms with van der Waals surface area (Å²) in [5.41, 5.74) is 0. The first-order valence-electron chi connectivity index (χ1n) is 4.70. The van der Waals surface area contributed by atoms with Gasteiger partial charge in [-0.25, -0.2) is 0 Å². The number of hydrogen-bond acceptors (Lipinski definition) is 3. The Kier molecular flexibility index (Phi) is 3.98. The number of hydrogen-bond donors (Lipinski definition) is 1. The average Bonchev–Trinajstić information content (AvgIpc) is 2.48. The minimum atomic E-state index is 0.616. The van der Waals surface area contributed by atoms with Gasteiger partial charge in [0.25, 0.3) is 0 Å². The SMILES string of the molecule is CCN1CC(COC)C(NC)C1. The molecule has 1 heterocycles. The van der Waals surface area contributed by atoms with E-state index in [0.717, 1.165) is 13.2 Å². The predicted octanol–water partition coefficient (Wildman–Crippen LogP) is 0.173. The molecule has 0 aliphatic carbocycles.